The van der Waals surface area contributed by atoms with Crippen molar-refractivity contribution < 1.29 is 38.7 Å². The molecule has 39 heavy (non-hydrogen) atoms. The van der Waals surface area contributed by atoms with Gasteiger partial charge in [0.05, 0.1) is 31.3 Å². The first-order chi connectivity index (χ1) is 18.7. The van der Waals surface area contributed by atoms with Crippen molar-refractivity contribution in [3.8, 4) is 0 Å². The van der Waals surface area contributed by atoms with E-state index in [2.05, 4.69) is 4.99 Å². The number of aliphatic imine (C=N–C) groups is 1. The van der Waals surface area contributed by atoms with Gasteiger partial charge in [0.2, 0.25) is 0 Å². The molecule has 3 aliphatic heterocycles. The van der Waals surface area contributed by atoms with Crippen LogP contribution in [0.3, 0.4) is 0 Å². The zero-order valence-electron chi connectivity index (χ0n) is 23.4. The molecule has 214 valence electrons. The summed E-state index contributed by atoms with van der Waals surface area (Å²) in [7, 11) is 1.56. The topological polar surface area (TPSA) is 124 Å². The van der Waals surface area contributed by atoms with Crippen LogP contribution in [0.4, 0.5) is 0 Å². The van der Waals surface area contributed by atoms with Crippen molar-refractivity contribution in [3.05, 3.63) is 36.0 Å². The number of aliphatic hydroxyl groups excluding tert-OH is 2. The Morgan fingerprint density at radius 2 is 2.08 bits per heavy atom. The van der Waals surface area contributed by atoms with E-state index in [9.17, 15) is 19.8 Å². The molecule has 0 aromatic heterocycles. The molecule has 0 unspecified atom stereocenters. The van der Waals surface area contributed by atoms with Gasteiger partial charge < -0.3 is 29.2 Å². The van der Waals surface area contributed by atoms with Crippen molar-refractivity contribution in [2.45, 2.75) is 76.7 Å². The average molecular weight is 544 g/mol. The van der Waals surface area contributed by atoms with E-state index in [1.807, 2.05) is 45.9 Å². The molecule has 5 rings (SSSR count). The molecule has 0 amide bonds. The minimum absolute atomic E-state index is 0.179. The molecule has 12 atom stereocenters. The van der Waals surface area contributed by atoms with Crippen LogP contribution in [0.25, 0.3) is 0 Å². The molecule has 1 saturated heterocycles. The largest absolute Gasteiger partial charge is 0.459 e. The summed E-state index contributed by atoms with van der Waals surface area (Å²) in [4.78, 5) is 30.9. The third kappa shape index (κ3) is 4.42. The smallest absolute Gasteiger partial charge is 0.356 e. The Kier molecular flexibility index (Phi) is 7.90. The minimum Gasteiger partial charge on any atom is -0.459 e. The first-order valence-electron chi connectivity index (χ1n) is 14.2. The van der Waals surface area contributed by atoms with Crippen molar-refractivity contribution in [1.82, 2.24) is 0 Å². The zero-order valence-corrected chi connectivity index (χ0v) is 23.4. The summed E-state index contributed by atoms with van der Waals surface area (Å²) in [6.07, 6.45) is 6.73. The van der Waals surface area contributed by atoms with Gasteiger partial charge in [0.1, 0.15) is 29.6 Å². The van der Waals surface area contributed by atoms with Crippen LogP contribution >= 0.6 is 0 Å². The molecule has 3 heterocycles. The number of methoxy groups -OCH3 is 1. The molecule has 1 saturated carbocycles. The maximum absolute atomic E-state index is 13.6. The maximum atomic E-state index is 13.6. The van der Waals surface area contributed by atoms with Gasteiger partial charge in [-0.2, -0.15) is 0 Å². The predicted molar refractivity (Wildman–Crippen MR) is 143 cm³/mol. The number of aliphatic hydroxyl groups is 2. The maximum Gasteiger partial charge on any atom is 0.356 e. The number of rotatable bonds is 7. The second-order valence-corrected chi connectivity index (χ2v) is 11.6. The number of nitrogens with zero attached hydrogens (tertiary/aromatic N) is 1. The highest BCUT2D eigenvalue weighted by Crippen LogP contribution is 2.62. The lowest BCUT2D eigenvalue weighted by Gasteiger charge is -2.49. The van der Waals surface area contributed by atoms with Gasteiger partial charge in [0.15, 0.2) is 0 Å². The van der Waals surface area contributed by atoms with E-state index in [1.54, 1.807) is 19.3 Å². The number of cyclic esters (lactones) is 1. The second kappa shape index (κ2) is 10.9. The van der Waals surface area contributed by atoms with Gasteiger partial charge in [-0.05, 0) is 31.4 Å². The van der Waals surface area contributed by atoms with E-state index >= 15 is 0 Å². The fourth-order valence-corrected chi connectivity index (χ4v) is 7.72. The van der Waals surface area contributed by atoms with Crippen LogP contribution in [0.2, 0.25) is 0 Å². The highest BCUT2D eigenvalue weighted by molar-refractivity contribution is 6.41. The summed E-state index contributed by atoms with van der Waals surface area (Å²) < 4.78 is 24.5. The average Bonchev–Trinajstić information content (AvgIpc) is 3.52. The van der Waals surface area contributed by atoms with Crippen molar-refractivity contribution in [2.75, 3.05) is 20.3 Å². The lowest BCUT2D eigenvalue weighted by molar-refractivity contribution is -0.170. The van der Waals surface area contributed by atoms with Gasteiger partial charge in [0.25, 0.3) is 0 Å². The molecule has 0 aromatic carbocycles. The third-order valence-electron chi connectivity index (χ3n) is 9.54. The van der Waals surface area contributed by atoms with Crippen molar-refractivity contribution in [2.24, 2.45) is 40.5 Å². The van der Waals surface area contributed by atoms with E-state index in [1.165, 1.54) is 0 Å². The number of esters is 2. The molecule has 1 spiro atoms. The minimum atomic E-state index is -1.01. The highest BCUT2D eigenvalue weighted by Gasteiger charge is 2.70. The standard InChI is InChI=1S/C30H41NO8/c1-6-17-20-11-10-18-23-24(33)19(14-36-5)26(38-29(35)21-9-8-12-31-21)27(18)39-30(20,23)16(4)13-15(3)25(22(32)7-2)37-28(17)34/h8-11,13,15,17-20,22-27,32-33H,6-7,12,14H2,1-5H3/b16-13+/t15-,17-,18-,19-,20-,22-,23+,24-,25+,26-,27-,30+/m1/s1. The predicted octanol–water partition coefficient (Wildman–Crippen LogP) is 2.41. The van der Waals surface area contributed by atoms with Gasteiger partial charge in [-0.3, -0.25) is 9.79 Å². The van der Waals surface area contributed by atoms with E-state index < -0.39 is 59.8 Å². The molecule has 0 radical (unpaired) electrons. The van der Waals surface area contributed by atoms with Crippen LogP contribution in [-0.2, 0) is 28.5 Å². The van der Waals surface area contributed by atoms with E-state index in [4.69, 9.17) is 18.9 Å². The van der Waals surface area contributed by atoms with E-state index in [0.29, 0.717) is 19.4 Å². The summed E-state index contributed by atoms with van der Waals surface area (Å²) in [5.41, 5.74) is 0.121. The SMILES string of the molecule is CC[C@@H](O)[C@H]1OC(=O)[C@H](CC)[C@H]2C=C[C@H]3[C@H]4O[C@]2(/C(C)=C/[C@H]1C)[C@@H]3[C@H](O)[C@@H](COC)[C@H]4OC(=O)C1=NCC=C1. The summed E-state index contributed by atoms with van der Waals surface area (Å²) in [6.45, 7) is 8.33. The van der Waals surface area contributed by atoms with Crippen LogP contribution in [0.15, 0.2) is 40.9 Å². The van der Waals surface area contributed by atoms with E-state index in [-0.39, 0.29) is 36.0 Å². The quantitative estimate of drug-likeness (QED) is 0.371. The molecule has 4 bridgehead atoms. The number of hydrogen-bond acceptors (Lipinski definition) is 9. The molecular weight excluding hydrogens is 502 g/mol. The third-order valence-corrected chi connectivity index (χ3v) is 9.54. The zero-order chi connectivity index (χ0) is 28.1. The fraction of sp³-hybridized carbons (Fsp3) is 0.700. The Morgan fingerprint density at radius 1 is 1.31 bits per heavy atom. The van der Waals surface area contributed by atoms with Crippen molar-refractivity contribution in [3.63, 3.8) is 0 Å². The number of carbonyl (C=O) groups is 2. The molecule has 2 aliphatic carbocycles. The molecule has 2 N–H and O–H groups in total. The Morgan fingerprint density at radius 3 is 2.72 bits per heavy atom. The lowest BCUT2D eigenvalue weighted by Crippen LogP contribution is -2.59. The van der Waals surface area contributed by atoms with Gasteiger partial charge in [-0.15, -0.1) is 0 Å². The second-order valence-electron chi connectivity index (χ2n) is 11.6. The molecule has 9 nitrogen and oxygen atoms in total. The lowest BCUT2D eigenvalue weighted by atomic mass is 9.56. The van der Waals surface area contributed by atoms with Gasteiger partial charge in [-0.1, -0.05) is 45.1 Å². The van der Waals surface area contributed by atoms with Crippen LogP contribution < -0.4 is 0 Å². The summed E-state index contributed by atoms with van der Waals surface area (Å²) in [5, 5.41) is 22.7. The van der Waals surface area contributed by atoms with Gasteiger partial charge in [-0.25, -0.2) is 4.79 Å². The van der Waals surface area contributed by atoms with Crippen LogP contribution in [0.1, 0.15) is 40.5 Å². The molecule has 5 aliphatic rings. The summed E-state index contributed by atoms with van der Waals surface area (Å²) in [5.74, 6) is -3.30. The highest BCUT2D eigenvalue weighted by atomic mass is 16.6. The first-order valence-corrected chi connectivity index (χ1v) is 14.2. The Labute approximate surface area is 229 Å². The molecule has 9 heteroatoms. The molecule has 2 fully saturated rings. The van der Waals surface area contributed by atoms with Crippen LogP contribution in [0.5, 0.6) is 0 Å². The first kappa shape index (κ1) is 28.2. The van der Waals surface area contributed by atoms with Gasteiger partial charge >= 0.3 is 11.9 Å². The Hall–Kier alpha value is -2.33. The normalized spacial score (nSPS) is 44.7. The van der Waals surface area contributed by atoms with Gasteiger partial charge in [0, 0.05) is 36.7 Å². The monoisotopic (exact) mass is 543 g/mol. The fourth-order valence-electron chi connectivity index (χ4n) is 7.72. The van der Waals surface area contributed by atoms with Crippen LogP contribution in [-0.4, -0.2) is 84.2 Å². The summed E-state index contributed by atoms with van der Waals surface area (Å²) in [6, 6.07) is 0. The number of hydrogen-bond donors (Lipinski definition) is 2. The number of carbonyl (C=O) groups excluding carboxylic acids is 2. The molecular formula is C30H41NO8. The molecule has 0 aromatic rings. The van der Waals surface area contributed by atoms with Crippen molar-refractivity contribution in [1.29, 1.82) is 0 Å². The van der Waals surface area contributed by atoms with E-state index in [0.717, 1.165) is 5.57 Å². The van der Waals surface area contributed by atoms with Crippen molar-refractivity contribution >= 4 is 17.7 Å². The summed E-state index contributed by atoms with van der Waals surface area (Å²) >= 11 is 0. The Bertz CT molecular complexity index is 1100. The Balaban J connectivity index is 1.61. The number of ether oxygens (including phenoxy) is 4. The van der Waals surface area contributed by atoms with Crippen LogP contribution in [0, 0.1) is 35.5 Å².